The minimum absolute atomic E-state index is 0.0444. The molecular weight excluding hydrogens is 420 g/mol. The van der Waals surface area contributed by atoms with Crippen LogP contribution in [0.5, 0.6) is 0 Å². The van der Waals surface area contributed by atoms with Crippen molar-refractivity contribution in [2.24, 2.45) is 52.3 Å². The van der Waals surface area contributed by atoms with Gasteiger partial charge in [-0.15, -0.1) is 0 Å². The molecule has 4 fully saturated rings. The maximum absolute atomic E-state index is 13.2. The van der Waals surface area contributed by atoms with Crippen LogP contribution in [-0.2, 0) is 14.3 Å². The van der Waals surface area contributed by atoms with E-state index >= 15 is 0 Å². The van der Waals surface area contributed by atoms with Crippen molar-refractivity contribution in [1.29, 1.82) is 0 Å². The van der Waals surface area contributed by atoms with E-state index in [1.54, 1.807) is 6.08 Å². The Labute approximate surface area is 208 Å². The van der Waals surface area contributed by atoms with Crippen LogP contribution in [0.2, 0.25) is 0 Å². The predicted octanol–water partition coefficient (Wildman–Crippen LogP) is 7.77. The molecule has 0 heterocycles. The zero-order valence-corrected chi connectivity index (χ0v) is 22.8. The van der Waals surface area contributed by atoms with Crippen LogP contribution in [0.4, 0.5) is 0 Å². The number of hydrogen-bond donors (Lipinski definition) is 0. The number of ketones is 1. The van der Waals surface area contributed by atoms with Crippen molar-refractivity contribution in [1.82, 2.24) is 0 Å². The number of carbonyl (C=O) groups is 2. The highest BCUT2D eigenvalue weighted by Gasteiger charge is 2.64. The Morgan fingerprint density at radius 3 is 2.41 bits per heavy atom. The Bertz CT molecular complexity index is 800. The Morgan fingerprint density at radius 2 is 1.76 bits per heavy atom. The lowest BCUT2D eigenvalue weighted by Gasteiger charge is -2.62. The van der Waals surface area contributed by atoms with Gasteiger partial charge in [-0.1, -0.05) is 60.5 Å². The third-order valence-corrected chi connectivity index (χ3v) is 11.5. The first kappa shape index (κ1) is 26.0. The topological polar surface area (TPSA) is 43.4 Å². The van der Waals surface area contributed by atoms with Crippen molar-refractivity contribution >= 4 is 11.8 Å². The van der Waals surface area contributed by atoms with Crippen molar-refractivity contribution < 1.29 is 14.3 Å². The number of ether oxygens (including phenoxy) is 1. The lowest BCUT2D eigenvalue weighted by atomic mass is 9.43. The lowest BCUT2D eigenvalue weighted by Crippen LogP contribution is -2.60. The highest BCUT2D eigenvalue weighted by Crippen LogP contribution is 2.69. The van der Waals surface area contributed by atoms with E-state index in [-0.39, 0.29) is 17.2 Å². The molecule has 0 amide bonds. The van der Waals surface area contributed by atoms with Gasteiger partial charge in [-0.2, -0.15) is 0 Å². The van der Waals surface area contributed by atoms with Crippen LogP contribution in [0.15, 0.2) is 12.7 Å². The summed E-state index contributed by atoms with van der Waals surface area (Å²) in [5.41, 5.74) is -0.608. The fourth-order valence-electron chi connectivity index (χ4n) is 9.81. The van der Waals surface area contributed by atoms with Gasteiger partial charge in [0.1, 0.15) is 0 Å². The van der Waals surface area contributed by atoms with Crippen LogP contribution >= 0.6 is 0 Å². The van der Waals surface area contributed by atoms with Gasteiger partial charge in [0, 0.05) is 19.8 Å². The molecule has 3 heteroatoms. The van der Waals surface area contributed by atoms with E-state index < -0.39 is 5.60 Å². The van der Waals surface area contributed by atoms with E-state index in [0.29, 0.717) is 30.1 Å². The highest BCUT2D eigenvalue weighted by molar-refractivity contribution is 5.92. The fourth-order valence-corrected chi connectivity index (χ4v) is 9.81. The summed E-state index contributed by atoms with van der Waals surface area (Å²) in [6.07, 6.45) is 14.7. The van der Waals surface area contributed by atoms with Gasteiger partial charge in [0.2, 0.25) is 0 Å². The SMILES string of the molecule is C=CC1(OC(C)=O)C[C@@]2(C)[C@@H](CC[C@@H]3[C@@H]2CC[C@]2(C)[C@@H]([C@H](C)CCCC(C)C)CC[C@@H]32)CC1=O. The molecule has 0 spiro atoms. The average Bonchev–Trinajstić information content (AvgIpc) is 3.11. The van der Waals surface area contributed by atoms with Crippen LogP contribution < -0.4 is 0 Å². The molecule has 4 aliphatic rings. The molecule has 0 bridgehead atoms. The maximum Gasteiger partial charge on any atom is 0.303 e. The molecule has 3 nitrogen and oxygen atoms in total. The number of esters is 1. The molecule has 4 saturated carbocycles. The molecule has 1 unspecified atom stereocenters. The molecule has 0 aromatic carbocycles. The zero-order valence-electron chi connectivity index (χ0n) is 22.8. The second kappa shape index (κ2) is 9.40. The average molecular weight is 471 g/mol. The molecule has 0 aromatic rings. The third-order valence-electron chi connectivity index (χ3n) is 11.5. The molecule has 0 aromatic heterocycles. The molecule has 0 radical (unpaired) electrons. The second-order valence-electron chi connectivity index (χ2n) is 13.7. The summed E-state index contributed by atoms with van der Waals surface area (Å²) in [7, 11) is 0. The summed E-state index contributed by atoms with van der Waals surface area (Å²) in [6, 6.07) is 0. The maximum atomic E-state index is 13.2. The number of fused-ring (bicyclic) bond motifs is 5. The van der Waals surface area contributed by atoms with Crippen molar-refractivity contribution in [3.8, 4) is 0 Å². The number of hydrogen-bond acceptors (Lipinski definition) is 3. The number of rotatable bonds is 7. The molecule has 0 N–H and O–H groups in total. The summed E-state index contributed by atoms with van der Waals surface area (Å²) in [6.45, 7) is 17.7. The monoisotopic (exact) mass is 470 g/mol. The van der Waals surface area contributed by atoms with Gasteiger partial charge < -0.3 is 4.74 Å². The van der Waals surface area contributed by atoms with Crippen molar-refractivity contribution in [2.75, 3.05) is 0 Å². The molecule has 34 heavy (non-hydrogen) atoms. The normalized spacial score (nSPS) is 44.7. The minimum Gasteiger partial charge on any atom is -0.447 e. The van der Waals surface area contributed by atoms with Crippen molar-refractivity contribution in [3.63, 3.8) is 0 Å². The van der Waals surface area contributed by atoms with Crippen molar-refractivity contribution in [3.05, 3.63) is 12.7 Å². The van der Waals surface area contributed by atoms with Gasteiger partial charge in [0.15, 0.2) is 11.4 Å². The van der Waals surface area contributed by atoms with Gasteiger partial charge >= 0.3 is 5.97 Å². The van der Waals surface area contributed by atoms with E-state index in [0.717, 1.165) is 36.0 Å². The molecule has 0 aliphatic heterocycles. The molecule has 9 atom stereocenters. The summed E-state index contributed by atoms with van der Waals surface area (Å²) in [4.78, 5) is 25.1. The van der Waals surface area contributed by atoms with Gasteiger partial charge in [0.05, 0.1) is 0 Å². The molecular formula is C31H50O3. The summed E-state index contributed by atoms with van der Waals surface area (Å²) >= 11 is 0. The Kier molecular flexibility index (Phi) is 7.17. The molecule has 4 aliphatic carbocycles. The fraction of sp³-hybridized carbons (Fsp3) is 0.871. The van der Waals surface area contributed by atoms with E-state index in [4.69, 9.17) is 4.74 Å². The third kappa shape index (κ3) is 4.21. The standard InChI is InChI=1S/C31H50O3/c1-8-31(34-22(5)32)19-30(7)23(18-28(31)33)12-13-24-26-15-14-25(21(4)11-9-10-20(2)3)29(26,6)17-16-27(24)30/h8,20-21,23-27H,1,9-19H2,2-7H3/t21-,23+,24+,25-,26+,27+,29-,30+,31?/m1/s1. The van der Waals surface area contributed by atoms with E-state index in [1.807, 2.05) is 0 Å². The van der Waals surface area contributed by atoms with Crippen LogP contribution in [0, 0.1) is 52.3 Å². The Morgan fingerprint density at radius 1 is 1.06 bits per heavy atom. The van der Waals surface area contributed by atoms with Gasteiger partial charge in [0.25, 0.3) is 0 Å². The first-order chi connectivity index (χ1) is 16.0. The minimum atomic E-state index is -1.12. The number of Topliss-reactive ketones (excluding diaryl/α,β-unsaturated/α-hetero) is 1. The first-order valence-corrected chi connectivity index (χ1v) is 14.3. The highest BCUT2D eigenvalue weighted by atomic mass is 16.6. The lowest BCUT2D eigenvalue weighted by molar-refractivity contribution is -0.183. The summed E-state index contributed by atoms with van der Waals surface area (Å²) < 4.78 is 5.74. The predicted molar refractivity (Wildman–Crippen MR) is 138 cm³/mol. The van der Waals surface area contributed by atoms with Gasteiger partial charge in [-0.3, -0.25) is 9.59 Å². The van der Waals surface area contributed by atoms with E-state index in [9.17, 15) is 9.59 Å². The van der Waals surface area contributed by atoms with Crippen LogP contribution in [0.3, 0.4) is 0 Å². The quantitative estimate of drug-likeness (QED) is 0.282. The van der Waals surface area contributed by atoms with E-state index in [1.165, 1.54) is 58.3 Å². The molecule has 4 rings (SSSR count). The molecule has 0 saturated heterocycles. The summed E-state index contributed by atoms with van der Waals surface area (Å²) in [5.74, 6) is 4.79. The molecule has 192 valence electrons. The van der Waals surface area contributed by atoms with Crippen LogP contribution in [-0.4, -0.2) is 17.4 Å². The Balaban J connectivity index is 1.54. The largest absolute Gasteiger partial charge is 0.447 e. The van der Waals surface area contributed by atoms with Gasteiger partial charge in [-0.25, -0.2) is 0 Å². The first-order valence-electron chi connectivity index (χ1n) is 14.3. The van der Waals surface area contributed by atoms with Crippen LogP contribution in [0.25, 0.3) is 0 Å². The smallest absolute Gasteiger partial charge is 0.303 e. The zero-order chi connectivity index (χ0) is 24.9. The van der Waals surface area contributed by atoms with Crippen molar-refractivity contribution in [2.45, 2.75) is 118 Å². The van der Waals surface area contributed by atoms with E-state index in [2.05, 4.69) is 41.2 Å². The summed E-state index contributed by atoms with van der Waals surface area (Å²) in [5, 5.41) is 0. The van der Waals surface area contributed by atoms with Crippen LogP contribution in [0.1, 0.15) is 112 Å². The second-order valence-corrected chi connectivity index (χ2v) is 13.7. The number of carbonyl (C=O) groups excluding carboxylic acids is 2. The van der Waals surface area contributed by atoms with Gasteiger partial charge in [-0.05, 0) is 96.9 Å². The Hall–Kier alpha value is -1.12.